The summed E-state index contributed by atoms with van der Waals surface area (Å²) in [5.74, 6) is 0.206. The van der Waals surface area contributed by atoms with Gasteiger partial charge in [-0.05, 0) is 61.2 Å². The zero-order valence-electron chi connectivity index (χ0n) is 22.6. The molecule has 0 aromatic rings. The van der Waals surface area contributed by atoms with E-state index in [2.05, 4.69) is 39.5 Å². The normalized spacial score (nSPS) is 44.1. The molecule has 0 aromatic carbocycles. The highest BCUT2D eigenvalue weighted by Crippen LogP contribution is 2.63. The Bertz CT molecular complexity index is 898. The SMILES string of the molecule is C=C[C@@]1(C)CC[C@@]2(C)[C@@H](CC=C3[C@@H]2CCC[C@]3(C)CO[C@@H]2O[C@@H](COC(C)=O)[C@@H](O)[C@@H]2OC(C)=O)C1. The third-order valence-electron chi connectivity index (χ3n) is 9.70. The van der Waals surface area contributed by atoms with Crippen LogP contribution in [0.4, 0.5) is 0 Å². The fourth-order valence-electron chi connectivity index (χ4n) is 7.33. The van der Waals surface area contributed by atoms with Gasteiger partial charge in [0, 0.05) is 19.3 Å². The molecule has 7 nitrogen and oxygen atoms in total. The van der Waals surface area contributed by atoms with Crippen LogP contribution in [0.2, 0.25) is 0 Å². The summed E-state index contributed by atoms with van der Waals surface area (Å²) in [5.41, 5.74) is 1.85. The van der Waals surface area contributed by atoms with Crippen molar-refractivity contribution in [1.29, 1.82) is 0 Å². The average molecular weight is 505 g/mol. The van der Waals surface area contributed by atoms with Crippen molar-refractivity contribution in [2.75, 3.05) is 13.2 Å². The summed E-state index contributed by atoms with van der Waals surface area (Å²) >= 11 is 0. The Morgan fingerprint density at radius 3 is 2.61 bits per heavy atom. The highest BCUT2D eigenvalue weighted by molar-refractivity contribution is 5.66. The first-order valence-corrected chi connectivity index (χ1v) is 13.5. The molecular formula is C29H44O7. The van der Waals surface area contributed by atoms with Crippen LogP contribution in [0.1, 0.15) is 79.6 Å². The first-order valence-electron chi connectivity index (χ1n) is 13.5. The van der Waals surface area contributed by atoms with Gasteiger partial charge in [0.2, 0.25) is 0 Å². The van der Waals surface area contributed by atoms with Gasteiger partial charge < -0.3 is 24.1 Å². The third-order valence-corrected chi connectivity index (χ3v) is 9.70. The molecule has 1 heterocycles. The molecule has 4 aliphatic rings. The average Bonchev–Trinajstić information content (AvgIpc) is 3.11. The number of hydrogen-bond donors (Lipinski definition) is 1. The van der Waals surface area contributed by atoms with Gasteiger partial charge in [0.25, 0.3) is 0 Å². The van der Waals surface area contributed by atoms with Gasteiger partial charge >= 0.3 is 11.9 Å². The van der Waals surface area contributed by atoms with Gasteiger partial charge in [0.1, 0.15) is 18.8 Å². The van der Waals surface area contributed by atoms with E-state index >= 15 is 0 Å². The largest absolute Gasteiger partial charge is 0.463 e. The fraction of sp³-hybridized carbons (Fsp3) is 0.793. The van der Waals surface area contributed by atoms with Crippen LogP contribution in [0.15, 0.2) is 24.3 Å². The lowest BCUT2D eigenvalue weighted by atomic mass is 9.47. The van der Waals surface area contributed by atoms with Crippen LogP contribution >= 0.6 is 0 Å². The molecule has 36 heavy (non-hydrogen) atoms. The quantitative estimate of drug-likeness (QED) is 0.396. The van der Waals surface area contributed by atoms with E-state index in [0.717, 1.165) is 19.3 Å². The lowest BCUT2D eigenvalue weighted by Gasteiger charge is -2.58. The molecule has 1 aliphatic heterocycles. The molecule has 0 radical (unpaired) electrons. The van der Waals surface area contributed by atoms with Crippen LogP contribution in [-0.2, 0) is 28.5 Å². The monoisotopic (exact) mass is 504 g/mol. The van der Waals surface area contributed by atoms with Gasteiger partial charge in [-0.2, -0.15) is 0 Å². The molecule has 4 rings (SSSR count). The summed E-state index contributed by atoms with van der Waals surface area (Å²) in [6.07, 6.45) is 8.84. The fourth-order valence-corrected chi connectivity index (χ4v) is 7.33. The number of aliphatic hydroxyl groups excluding tert-OH is 1. The standard InChI is InChI=1S/C29H44O7/c1-7-27(4)13-14-29(6)20(15-27)10-11-21-22(29)9-8-12-28(21,5)17-34-26-25(35-19(3)31)24(32)23(36-26)16-33-18(2)30/h7,11,20,22-26,32H,1,8-10,12-17H2,2-6H3/t20-,22-,23-,24+,25-,26+,27-,28+,29-/m0/s1. The third kappa shape index (κ3) is 5.16. The Morgan fingerprint density at radius 2 is 1.94 bits per heavy atom. The molecule has 0 bridgehead atoms. The maximum absolute atomic E-state index is 11.7. The van der Waals surface area contributed by atoms with Crippen molar-refractivity contribution in [2.45, 2.75) is 104 Å². The van der Waals surface area contributed by atoms with E-state index in [9.17, 15) is 14.7 Å². The summed E-state index contributed by atoms with van der Waals surface area (Å²) < 4.78 is 22.6. The molecule has 0 spiro atoms. The van der Waals surface area contributed by atoms with Crippen molar-refractivity contribution in [3.63, 3.8) is 0 Å². The van der Waals surface area contributed by atoms with Crippen LogP contribution in [0.5, 0.6) is 0 Å². The summed E-state index contributed by atoms with van der Waals surface area (Å²) in [6.45, 7) is 14.1. The smallest absolute Gasteiger partial charge is 0.303 e. The van der Waals surface area contributed by atoms with Crippen LogP contribution < -0.4 is 0 Å². The van der Waals surface area contributed by atoms with Gasteiger partial charge in [-0.25, -0.2) is 0 Å². The number of esters is 2. The van der Waals surface area contributed by atoms with Crippen molar-refractivity contribution < 1.29 is 33.6 Å². The van der Waals surface area contributed by atoms with Crippen LogP contribution in [0.3, 0.4) is 0 Å². The molecule has 3 aliphatic carbocycles. The topological polar surface area (TPSA) is 91.3 Å². The number of hydrogen-bond acceptors (Lipinski definition) is 7. The first kappa shape index (κ1) is 27.3. The minimum atomic E-state index is -1.14. The van der Waals surface area contributed by atoms with E-state index in [1.807, 2.05) is 0 Å². The van der Waals surface area contributed by atoms with E-state index in [4.69, 9.17) is 18.9 Å². The minimum absolute atomic E-state index is 0.123. The second-order valence-corrected chi connectivity index (χ2v) is 12.4. The Labute approximate surface area is 215 Å². The predicted molar refractivity (Wildman–Crippen MR) is 135 cm³/mol. The summed E-state index contributed by atoms with van der Waals surface area (Å²) in [7, 11) is 0. The summed E-state index contributed by atoms with van der Waals surface area (Å²) in [4.78, 5) is 23.0. The Morgan fingerprint density at radius 1 is 1.19 bits per heavy atom. The summed E-state index contributed by atoms with van der Waals surface area (Å²) in [6, 6.07) is 0. The van der Waals surface area contributed by atoms with E-state index in [1.54, 1.807) is 0 Å². The zero-order valence-corrected chi connectivity index (χ0v) is 22.6. The van der Waals surface area contributed by atoms with Gasteiger partial charge in [0.15, 0.2) is 12.4 Å². The van der Waals surface area contributed by atoms with E-state index < -0.39 is 36.5 Å². The van der Waals surface area contributed by atoms with E-state index in [1.165, 1.54) is 45.1 Å². The van der Waals surface area contributed by atoms with Crippen LogP contribution in [0, 0.1) is 28.1 Å². The second kappa shape index (κ2) is 10.2. The number of ether oxygens (including phenoxy) is 4. The van der Waals surface area contributed by atoms with Crippen molar-refractivity contribution in [3.8, 4) is 0 Å². The van der Waals surface area contributed by atoms with Crippen LogP contribution in [-0.4, -0.2) is 54.9 Å². The zero-order chi connectivity index (χ0) is 26.3. The highest BCUT2D eigenvalue weighted by atomic mass is 16.7. The molecule has 9 atom stereocenters. The second-order valence-electron chi connectivity index (χ2n) is 12.4. The molecule has 1 N–H and O–H groups in total. The molecule has 2 saturated carbocycles. The molecular weight excluding hydrogens is 460 g/mol. The number of rotatable bonds is 7. The Balaban J connectivity index is 1.49. The van der Waals surface area contributed by atoms with Gasteiger partial charge in [-0.3, -0.25) is 9.59 Å². The number of allylic oxidation sites excluding steroid dienone is 2. The van der Waals surface area contributed by atoms with Crippen molar-refractivity contribution in [2.24, 2.45) is 28.1 Å². The lowest BCUT2D eigenvalue weighted by molar-refractivity contribution is -0.198. The molecule has 1 saturated heterocycles. The van der Waals surface area contributed by atoms with E-state index in [0.29, 0.717) is 18.4 Å². The first-order chi connectivity index (χ1) is 16.9. The van der Waals surface area contributed by atoms with Crippen molar-refractivity contribution in [1.82, 2.24) is 0 Å². The van der Waals surface area contributed by atoms with Gasteiger partial charge in [0.05, 0.1) is 6.61 Å². The maximum atomic E-state index is 11.7. The number of aliphatic hydroxyl groups is 1. The number of fused-ring (bicyclic) bond motifs is 3. The van der Waals surface area contributed by atoms with Crippen molar-refractivity contribution >= 4 is 11.9 Å². The van der Waals surface area contributed by atoms with Gasteiger partial charge in [-0.15, -0.1) is 6.58 Å². The Hall–Kier alpha value is -1.70. The molecule has 0 aromatic heterocycles. The van der Waals surface area contributed by atoms with Gasteiger partial charge in [-0.1, -0.05) is 44.9 Å². The van der Waals surface area contributed by atoms with E-state index in [-0.39, 0.29) is 22.9 Å². The molecule has 0 amide bonds. The van der Waals surface area contributed by atoms with Crippen LogP contribution in [0.25, 0.3) is 0 Å². The minimum Gasteiger partial charge on any atom is -0.463 e. The number of carbonyl (C=O) groups excluding carboxylic acids is 2. The Kier molecular flexibility index (Phi) is 7.76. The van der Waals surface area contributed by atoms with Crippen molar-refractivity contribution in [3.05, 3.63) is 24.3 Å². The molecule has 7 heteroatoms. The maximum Gasteiger partial charge on any atom is 0.303 e. The lowest BCUT2D eigenvalue weighted by Crippen LogP contribution is -2.50. The molecule has 202 valence electrons. The highest BCUT2D eigenvalue weighted by Gasteiger charge is 2.55. The molecule has 0 unspecified atom stereocenters. The number of carbonyl (C=O) groups is 2. The predicted octanol–water partition coefficient (Wildman–Crippen LogP) is 4.72. The summed E-state index contributed by atoms with van der Waals surface area (Å²) in [5, 5.41) is 10.7. The molecule has 3 fully saturated rings.